The second kappa shape index (κ2) is 5.66. The molecule has 0 spiro atoms. The first-order valence-corrected chi connectivity index (χ1v) is 6.95. The molecule has 2 heterocycles. The van der Waals surface area contributed by atoms with Crippen LogP contribution in [0.25, 0.3) is 0 Å². The zero-order chi connectivity index (χ0) is 11.4. The lowest BCUT2D eigenvalue weighted by Gasteiger charge is -2.27. The lowest BCUT2D eigenvalue weighted by Crippen LogP contribution is -2.43. The van der Waals surface area contributed by atoms with Crippen molar-refractivity contribution in [1.82, 2.24) is 15.2 Å². The van der Waals surface area contributed by atoms with E-state index in [0.29, 0.717) is 0 Å². The molecule has 3 nitrogen and oxygen atoms in total. The van der Waals surface area contributed by atoms with E-state index in [1.165, 1.54) is 10.6 Å². The lowest BCUT2D eigenvalue weighted by atomic mass is 10.2. The highest BCUT2D eigenvalue weighted by Crippen LogP contribution is 2.20. The maximum Gasteiger partial charge on any atom is 0.100 e. The first-order valence-electron chi connectivity index (χ1n) is 5.73. The van der Waals surface area contributed by atoms with E-state index >= 15 is 0 Å². The van der Waals surface area contributed by atoms with Crippen molar-refractivity contribution in [1.29, 1.82) is 0 Å². The number of piperazine rings is 1. The molecule has 0 atom stereocenters. The third-order valence-corrected chi connectivity index (χ3v) is 3.62. The molecule has 1 aromatic rings. The molecule has 1 aliphatic heterocycles. The topological polar surface area (TPSA) is 28.2 Å². The molecule has 1 fully saturated rings. The normalized spacial score (nSPS) is 17.6. The van der Waals surface area contributed by atoms with Crippen molar-refractivity contribution in [3.63, 3.8) is 0 Å². The second-order valence-electron chi connectivity index (χ2n) is 4.15. The number of pyridine rings is 1. The van der Waals surface area contributed by atoms with Crippen molar-refractivity contribution in [2.45, 2.75) is 18.5 Å². The van der Waals surface area contributed by atoms with Crippen molar-refractivity contribution >= 4 is 11.8 Å². The monoisotopic (exact) mass is 237 g/mol. The summed E-state index contributed by atoms with van der Waals surface area (Å²) in [5, 5.41) is 4.55. The Morgan fingerprint density at radius 1 is 1.38 bits per heavy atom. The highest BCUT2D eigenvalue weighted by atomic mass is 32.2. The largest absolute Gasteiger partial charge is 0.314 e. The van der Waals surface area contributed by atoms with Gasteiger partial charge in [0.15, 0.2) is 0 Å². The minimum absolute atomic E-state index is 1.03. The van der Waals surface area contributed by atoms with Crippen molar-refractivity contribution in [2.24, 2.45) is 0 Å². The van der Waals surface area contributed by atoms with Gasteiger partial charge in [0.05, 0.1) is 0 Å². The summed E-state index contributed by atoms with van der Waals surface area (Å²) in [6.45, 7) is 7.57. The van der Waals surface area contributed by atoms with Crippen LogP contribution in [-0.4, -0.2) is 42.3 Å². The summed E-state index contributed by atoms with van der Waals surface area (Å²) >= 11 is 1.74. The minimum Gasteiger partial charge on any atom is -0.314 e. The van der Waals surface area contributed by atoms with E-state index in [1.807, 2.05) is 6.92 Å². The Labute approximate surface area is 102 Å². The number of aromatic nitrogens is 1. The van der Waals surface area contributed by atoms with Gasteiger partial charge in [-0.3, -0.25) is 4.90 Å². The quantitative estimate of drug-likeness (QED) is 0.807. The molecule has 0 aromatic carbocycles. The van der Waals surface area contributed by atoms with Crippen LogP contribution in [0.5, 0.6) is 0 Å². The molecule has 2 rings (SSSR count). The number of aryl methyl sites for hydroxylation is 1. The molecule has 0 amide bonds. The number of nitrogens with zero attached hydrogens (tertiary/aromatic N) is 2. The zero-order valence-corrected chi connectivity index (χ0v) is 10.8. The highest BCUT2D eigenvalue weighted by Gasteiger charge is 2.12. The fourth-order valence-corrected chi connectivity index (χ4v) is 2.60. The molecule has 0 aliphatic carbocycles. The molecule has 1 aromatic heterocycles. The standard InChI is InChI=1S/C12H19N3S/c1-10-3-4-11(12(14-10)16-2)9-15-7-5-13-6-8-15/h3-4,13H,5-9H2,1-2H3. The molecule has 1 aliphatic rings. The summed E-state index contributed by atoms with van der Waals surface area (Å²) in [6.07, 6.45) is 2.10. The van der Waals surface area contributed by atoms with E-state index in [9.17, 15) is 0 Å². The van der Waals surface area contributed by atoms with Gasteiger partial charge in [-0.05, 0) is 24.8 Å². The average Bonchev–Trinajstić information content (AvgIpc) is 2.33. The van der Waals surface area contributed by atoms with Crippen molar-refractivity contribution in [2.75, 3.05) is 32.4 Å². The maximum absolute atomic E-state index is 4.58. The van der Waals surface area contributed by atoms with Crippen LogP contribution in [0.15, 0.2) is 17.2 Å². The van der Waals surface area contributed by atoms with E-state index in [1.54, 1.807) is 11.8 Å². The van der Waals surface area contributed by atoms with E-state index < -0.39 is 0 Å². The van der Waals surface area contributed by atoms with Crippen molar-refractivity contribution in [3.05, 3.63) is 23.4 Å². The van der Waals surface area contributed by atoms with Crippen LogP contribution < -0.4 is 5.32 Å². The summed E-state index contributed by atoms with van der Waals surface area (Å²) in [4.78, 5) is 7.07. The predicted molar refractivity (Wildman–Crippen MR) is 68.9 cm³/mol. The van der Waals surface area contributed by atoms with Gasteiger partial charge in [-0.2, -0.15) is 0 Å². The number of rotatable bonds is 3. The Kier molecular flexibility index (Phi) is 4.21. The summed E-state index contributed by atoms with van der Waals surface area (Å²) < 4.78 is 0. The Morgan fingerprint density at radius 2 is 2.12 bits per heavy atom. The first-order chi connectivity index (χ1) is 7.79. The van der Waals surface area contributed by atoms with Gasteiger partial charge in [0.1, 0.15) is 5.03 Å². The fraction of sp³-hybridized carbons (Fsp3) is 0.583. The number of hydrogen-bond donors (Lipinski definition) is 1. The maximum atomic E-state index is 4.58. The molecule has 0 radical (unpaired) electrons. The van der Waals surface area contributed by atoms with Gasteiger partial charge in [-0.25, -0.2) is 4.98 Å². The Bertz CT molecular complexity index is 348. The number of thioether (sulfide) groups is 1. The first kappa shape index (κ1) is 11.9. The van der Waals surface area contributed by atoms with E-state index in [2.05, 4.69) is 33.6 Å². The molecule has 1 N–H and O–H groups in total. The smallest absolute Gasteiger partial charge is 0.100 e. The fourth-order valence-electron chi connectivity index (χ4n) is 1.97. The molecule has 16 heavy (non-hydrogen) atoms. The van der Waals surface area contributed by atoms with Crippen LogP contribution in [0.1, 0.15) is 11.3 Å². The molecule has 1 saturated heterocycles. The number of hydrogen-bond acceptors (Lipinski definition) is 4. The van der Waals surface area contributed by atoms with Crippen molar-refractivity contribution < 1.29 is 0 Å². The second-order valence-corrected chi connectivity index (χ2v) is 4.94. The molecule has 88 valence electrons. The molecule has 0 bridgehead atoms. The summed E-state index contributed by atoms with van der Waals surface area (Å²) in [5.41, 5.74) is 2.47. The van der Waals surface area contributed by atoms with E-state index in [4.69, 9.17) is 0 Å². The molecule has 0 saturated carbocycles. The van der Waals surface area contributed by atoms with Crippen molar-refractivity contribution in [3.8, 4) is 0 Å². The molecule has 0 unspecified atom stereocenters. The van der Waals surface area contributed by atoms with Gasteiger partial charge in [0.25, 0.3) is 0 Å². The third kappa shape index (κ3) is 2.97. The highest BCUT2D eigenvalue weighted by molar-refractivity contribution is 7.98. The Balaban J connectivity index is 2.07. The average molecular weight is 237 g/mol. The van der Waals surface area contributed by atoms with Crippen LogP contribution in [0.3, 0.4) is 0 Å². The summed E-state index contributed by atoms with van der Waals surface area (Å²) in [6, 6.07) is 4.33. The summed E-state index contributed by atoms with van der Waals surface area (Å²) in [7, 11) is 0. The van der Waals surface area contributed by atoms with Gasteiger partial charge in [0.2, 0.25) is 0 Å². The van der Waals surface area contributed by atoms with E-state index in [-0.39, 0.29) is 0 Å². The SMILES string of the molecule is CSc1nc(C)ccc1CN1CCNCC1. The van der Waals surface area contributed by atoms with Crippen LogP contribution in [0, 0.1) is 6.92 Å². The Morgan fingerprint density at radius 3 is 2.81 bits per heavy atom. The van der Waals surface area contributed by atoms with Crippen LogP contribution in [0.4, 0.5) is 0 Å². The number of nitrogens with one attached hydrogen (secondary N) is 1. The van der Waals surface area contributed by atoms with Crippen LogP contribution in [-0.2, 0) is 6.54 Å². The van der Waals surface area contributed by atoms with Gasteiger partial charge in [0, 0.05) is 38.4 Å². The minimum atomic E-state index is 1.03. The van der Waals surface area contributed by atoms with E-state index in [0.717, 1.165) is 38.4 Å². The third-order valence-electron chi connectivity index (χ3n) is 2.88. The Hall–Kier alpha value is -0.580. The summed E-state index contributed by atoms with van der Waals surface area (Å²) in [5.74, 6) is 0. The predicted octanol–water partition coefficient (Wildman–Crippen LogP) is 1.52. The van der Waals surface area contributed by atoms with Crippen LogP contribution in [0.2, 0.25) is 0 Å². The molecule has 4 heteroatoms. The van der Waals surface area contributed by atoms with Gasteiger partial charge in [-0.15, -0.1) is 11.8 Å². The molecular weight excluding hydrogens is 218 g/mol. The van der Waals surface area contributed by atoms with Crippen LogP contribution >= 0.6 is 11.8 Å². The van der Waals surface area contributed by atoms with Gasteiger partial charge >= 0.3 is 0 Å². The lowest BCUT2D eigenvalue weighted by molar-refractivity contribution is 0.231. The molecular formula is C12H19N3S. The van der Waals surface area contributed by atoms with Gasteiger partial charge < -0.3 is 5.32 Å². The van der Waals surface area contributed by atoms with Gasteiger partial charge in [-0.1, -0.05) is 6.07 Å². The zero-order valence-electron chi connectivity index (χ0n) is 9.99.